The minimum Gasteiger partial charge on any atom is -0.459 e. The van der Waals surface area contributed by atoms with Crippen molar-refractivity contribution in [1.82, 2.24) is 0 Å². The smallest absolute Gasteiger partial charge is 0.330 e. The Bertz CT molecular complexity index is 884. The second kappa shape index (κ2) is 13.0. The summed E-state index contributed by atoms with van der Waals surface area (Å²) in [6.45, 7) is 22.5. The molecule has 0 spiro atoms. The molecule has 6 heteroatoms. The van der Waals surface area contributed by atoms with E-state index in [9.17, 15) is 4.79 Å². The van der Waals surface area contributed by atoms with E-state index < -0.39 is 20.1 Å². The van der Waals surface area contributed by atoms with Crippen molar-refractivity contribution >= 4 is 20.4 Å². The summed E-state index contributed by atoms with van der Waals surface area (Å²) in [5.74, 6) is -1.14. The lowest BCUT2D eigenvalue weighted by Crippen LogP contribution is -2.48. The van der Waals surface area contributed by atoms with Gasteiger partial charge in [0.15, 0.2) is 14.1 Å². The first-order chi connectivity index (χ1) is 16.7. The third kappa shape index (κ3) is 9.81. The number of hydrogen-bond donors (Lipinski definition) is 0. The highest BCUT2D eigenvalue weighted by Gasteiger charge is 2.42. The molecule has 0 saturated carbocycles. The number of benzene rings is 1. The number of carbonyl (C=O) groups excluding carboxylic acids is 1. The summed E-state index contributed by atoms with van der Waals surface area (Å²) in [5.41, 5.74) is 1.14. The van der Waals surface area contributed by atoms with E-state index in [0.29, 0.717) is 19.3 Å². The first-order valence-electron chi connectivity index (χ1n) is 13.0. The van der Waals surface area contributed by atoms with Crippen LogP contribution in [-0.2, 0) is 23.4 Å². The lowest BCUT2D eigenvalue weighted by Gasteiger charge is -2.44. The highest BCUT2D eigenvalue weighted by atomic mass is 28.4. The van der Waals surface area contributed by atoms with E-state index in [0.717, 1.165) is 12.0 Å². The van der Waals surface area contributed by atoms with Crippen LogP contribution in [0, 0.1) is 0 Å². The molecule has 0 aromatic heterocycles. The lowest BCUT2D eigenvalue weighted by molar-refractivity contribution is -0.293. The zero-order chi connectivity index (χ0) is 27.0. The van der Waals surface area contributed by atoms with Crippen molar-refractivity contribution < 1.29 is 23.4 Å². The maximum absolute atomic E-state index is 12.0. The molecule has 1 fully saturated rings. The Balaban J connectivity index is 2.23. The van der Waals surface area contributed by atoms with E-state index >= 15 is 0 Å². The number of hydrogen-bond acceptors (Lipinski definition) is 5. The zero-order valence-corrected chi connectivity index (χ0v) is 24.3. The molecule has 1 aromatic carbocycles. The van der Waals surface area contributed by atoms with E-state index in [2.05, 4.69) is 71.3 Å². The van der Waals surface area contributed by atoms with Gasteiger partial charge in [0.05, 0.1) is 18.3 Å². The summed E-state index contributed by atoms with van der Waals surface area (Å²) in [4.78, 5) is 12.0. The lowest BCUT2D eigenvalue weighted by atomic mass is 9.98. The standard InChI is InChI=1S/C30H46O5Si/c1-10-15-24(32-28(31)11-2)20-27(35-36(8,9)29(3,4)5)22-26-21-25(33-30(6,7)34-26)19-18-23-16-13-12-14-17-23/h10-14,16-19,24-27H,1-2,15,20-22H2,3-9H3/b19-18+/t24-,25+,26+,27+/m1/s1. The summed E-state index contributed by atoms with van der Waals surface area (Å²) < 4.78 is 25.1. The molecule has 36 heavy (non-hydrogen) atoms. The van der Waals surface area contributed by atoms with Gasteiger partial charge in [-0.3, -0.25) is 0 Å². The van der Waals surface area contributed by atoms with Crippen LogP contribution in [0.1, 0.15) is 65.9 Å². The van der Waals surface area contributed by atoms with Crippen molar-refractivity contribution in [2.45, 2.75) is 109 Å². The average molecular weight is 515 g/mol. The Morgan fingerprint density at radius 3 is 2.42 bits per heavy atom. The SMILES string of the molecule is C=CC[C@H](C[C@@H](C[C@@H]1C[C@H](/C=C/c2ccccc2)OC(C)(C)O1)O[Si](C)(C)C(C)(C)C)OC(=O)C=C. The third-order valence-electron chi connectivity index (χ3n) is 6.88. The van der Waals surface area contributed by atoms with Crippen LogP contribution >= 0.6 is 0 Å². The number of ether oxygens (including phenoxy) is 3. The van der Waals surface area contributed by atoms with E-state index in [-0.39, 0.29) is 29.5 Å². The maximum atomic E-state index is 12.0. The third-order valence-corrected chi connectivity index (χ3v) is 11.4. The van der Waals surface area contributed by atoms with Crippen LogP contribution in [0.2, 0.25) is 18.1 Å². The number of rotatable bonds is 12. The van der Waals surface area contributed by atoms with E-state index in [4.69, 9.17) is 18.6 Å². The number of esters is 1. The molecule has 0 bridgehead atoms. The molecule has 0 N–H and O–H groups in total. The average Bonchev–Trinajstić information content (AvgIpc) is 2.76. The fraction of sp³-hybridized carbons (Fsp3) is 0.567. The van der Waals surface area contributed by atoms with Crippen LogP contribution in [0.3, 0.4) is 0 Å². The minimum atomic E-state index is -2.09. The van der Waals surface area contributed by atoms with E-state index in [1.807, 2.05) is 32.0 Å². The molecular formula is C30H46O5Si. The fourth-order valence-electron chi connectivity index (χ4n) is 4.16. The molecule has 200 valence electrons. The van der Waals surface area contributed by atoms with E-state index in [1.165, 1.54) is 6.08 Å². The maximum Gasteiger partial charge on any atom is 0.330 e. The molecule has 1 saturated heterocycles. The molecule has 1 aliphatic rings. The van der Waals surface area contributed by atoms with Crippen molar-refractivity contribution in [3.05, 3.63) is 67.3 Å². The molecule has 0 aliphatic carbocycles. The van der Waals surface area contributed by atoms with E-state index in [1.54, 1.807) is 6.08 Å². The van der Waals surface area contributed by atoms with Crippen LogP contribution in [0.5, 0.6) is 0 Å². The van der Waals surface area contributed by atoms with Gasteiger partial charge in [-0.05, 0) is 44.0 Å². The summed E-state index contributed by atoms with van der Waals surface area (Å²) in [6, 6.07) is 10.2. The van der Waals surface area contributed by atoms with Gasteiger partial charge in [-0.15, -0.1) is 6.58 Å². The highest BCUT2D eigenvalue weighted by molar-refractivity contribution is 6.74. The summed E-state index contributed by atoms with van der Waals surface area (Å²) in [7, 11) is -2.09. The van der Waals surface area contributed by atoms with Gasteiger partial charge in [-0.2, -0.15) is 0 Å². The molecule has 5 nitrogen and oxygen atoms in total. The van der Waals surface area contributed by atoms with Gasteiger partial charge in [-0.1, -0.05) is 75.9 Å². The van der Waals surface area contributed by atoms with Gasteiger partial charge in [0.2, 0.25) is 0 Å². The summed E-state index contributed by atoms with van der Waals surface area (Å²) >= 11 is 0. The van der Waals surface area contributed by atoms with Gasteiger partial charge in [0.1, 0.15) is 6.10 Å². The molecule has 1 heterocycles. The van der Waals surface area contributed by atoms with Crippen molar-refractivity contribution in [1.29, 1.82) is 0 Å². The van der Waals surface area contributed by atoms with Crippen molar-refractivity contribution in [3.63, 3.8) is 0 Å². The Kier molecular flexibility index (Phi) is 10.9. The van der Waals surface area contributed by atoms with Crippen LogP contribution in [0.4, 0.5) is 0 Å². The molecule has 0 unspecified atom stereocenters. The van der Waals surface area contributed by atoms with Crippen molar-refractivity contribution in [3.8, 4) is 0 Å². The Labute approximate surface area is 219 Å². The summed E-state index contributed by atoms with van der Waals surface area (Å²) in [5, 5.41) is 0.0493. The topological polar surface area (TPSA) is 54.0 Å². The first-order valence-corrected chi connectivity index (χ1v) is 15.9. The normalized spacial score (nSPS) is 22.1. The van der Waals surface area contributed by atoms with Gasteiger partial charge in [-0.25, -0.2) is 4.79 Å². The first kappa shape index (κ1) is 30.2. The molecule has 1 aliphatic heterocycles. The Morgan fingerprint density at radius 1 is 1.17 bits per heavy atom. The second-order valence-electron chi connectivity index (χ2n) is 11.6. The predicted molar refractivity (Wildman–Crippen MR) is 150 cm³/mol. The van der Waals surface area contributed by atoms with Gasteiger partial charge < -0.3 is 18.6 Å². The zero-order valence-electron chi connectivity index (χ0n) is 23.3. The van der Waals surface area contributed by atoms with Crippen LogP contribution in [0.25, 0.3) is 6.08 Å². The molecule has 0 radical (unpaired) electrons. The molecular weight excluding hydrogens is 468 g/mol. The van der Waals surface area contributed by atoms with Crippen LogP contribution in [-0.4, -0.2) is 44.5 Å². The Hall–Kier alpha value is -1.99. The fourth-order valence-corrected chi connectivity index (χ4v) is 5.54. The van der Waals surface area contributed by atoms with Crippen molar-refractivity contribution in [2.24, 2.45) is 0 Å². The van der Waals surface area contributed by atoms with Gasteiger partial charge >= 0.3 is 5.97 Å². The number of carbonyl (C=O) groups is 1. The molecule has 1 aromatic rings. The Morgan fingerprint density at radius 2 is 1.83 bits per heavy atom. The molecule has 0 amide bonds. The minimum absolute atomic E-state index is 0.0493. The molecule has 2 rings (SSSR count). The van der Waals surface area contributed by atoms with Gasteiger partial charge in [0.25, 0.3) is 0 Å². The van der Waals surface area contributed by atoms with Crippen molar-refractivity contribution in [2.75, 3.05) is 0 Å². The van der Waals surface area contributed by atoms with Crippen LogP contribution < -0.4 is 0 Å². The predicted octanol–water partition coefficient (Wildman–Crippen LogP) is 7.45. The second-order valence-corrected chi connectivity index (χ2v) is 16.3. The largest absolute Gasteiger partial charge is 0.459 e. The highest BCUT2D eigenvalue weighted by Crippen LogP contribution is 2.39. The van der Waals surface area contributed by atoms with Crippen LogP contribution in [0.15, 0.2) is 61.7 Å². The van der Waals surface area contributed by atoms with Gasteiger partial charge in [0, 0.05) is 25.3 Å². The summed E-state index contributed by atoms with van der Waals surface area (Å²) in [6.07, 6.45) is 9.14. The quantitative estimate of drug-likeness (QED) is 0.125. The monoisotopic (exact) mass is 514 g/mol. The molecule has 4 atom stereocenters.